The fraction of sp³-hybridized carbons (Fsp3) is 0.435. The Morgan fingerprint density at radius 1 is 1.10 bits per heavy atom. The highest BCUT2D eigenvalue weighted by Crippen LogP contribution is 2.32. The first-order valence-corrected chi connectivity index (χ1v) is 10.2. The Labute approximate surface area is 180 Å². The molecule has 31 heavy (non-hydrogen) atoms. The van der Waals surface area contributed by atoms with E-state index in [1.54, 1.807) is 12.0 Å². The molecule has 0 saturated carbocycles. The number of benzene rings is 2. The Balaban J connectivity index is 1.62. The summed E-state index contributed by atoms with van der Waals surface area (Å²) in [6, 6.07) is 14.5. The van der Waals surface area contributed by atoms with Gasteiger partial charge in [-0.15, -0.1) is 0 Å². The van der Waals surface area contributed by atoms with Crippen molar-refractivity contribution in [2.75, 3.05) is 33.4 Å². The molecule has 0 bridgehead atoms. The number of halogens is 3. The molecule has 5 nitrogen and oxygen atoms in total. The molecule has 1 fully saturated rings. The van der Waals surface area contributed by atoms with E-state index >= 15 is 0 Å². The summed E-state index contributed by atoms with van der Waals surface area (Å²) in [5, 5.41) is 0. The number of hydrogen-bond acceptors (Lipinski definition) is 4. The van der Waals surface area contributed by atoms with Crippen molar-refractivity contribution in [3.8, 4) is 0 Å². The highest BCUT2D eigenvalue weighted by molar-refractivity contribution is 5.67. The zero-order chi connectivity index (χ0) is 22.4. The molecule has 1 saturated heterocycles. The van der Waals surface area contributed by atoms with Crippen LogP contribution in [0.1, 0.15) is 29.7 Å². The van der Waals surface area contributed by atoms with Crippen LogP contribution in [0.2, 0.25) is 0 Å². The molecule has 0 aliphatic carbocycles. The molecule has 0 radical (unpaired) electrons. The van der Waals surface area contributed by atoms with Crippen LogP contribution < -0.4 is 0 Å². The molecule has 168 valence electrons. The first-order chi connectivity index (χ1) is 14.8. The Hall–Kier alpha value is -2.58. The van der Waals surface area contributed by atoms with Crippen LogP contribution in [0.25, 0.3) is 0 Å². The number of piperazine rings is 1. The van der Waals surface area contributed by atoms with Crippen molar-refractivity contribution in [2.24, 2.45) is 0 Å². The van der Waals surface area contributed by atoms with Gasteiger partial charge < -0.3 is 14.4 Å². The van der Waals surface area contributed by atoms with Gasteiger partial charge in [0.15, 0.2) is 0 Å². The van der Waals surface area contributed by atoms with Crippen LogP contribution in [0, 0.1) is 0 Å². The van der Waals surface area contributed by atoms with Gasteiger partial charge >= 0.3 is 12.3 Å². The van der Waals surface area contributed by atoms with Crippen molar-refractivity contribution >= 4 is 6.09 Å². The second-order valence-electron chi connectivity index (χ2n) is 7.66. The Morgan fingerprint density at radius 2 is 1.77 bits per heavy atom. The number of nitrogens with zero attached hydrogens (tertiary/aromatic N) is 2. The van der Waals surface area contributed by atoms with E-state index in [9.17, 15) is 18.0 Å². The van der Waals surface area contributed by atoms with Crippen LogP contribution in [-0.4, -0.2) is 55.3 Å². The topological polar surface area (TPSA) is 42.0 Å². The van der Waals surface area contributed by atoms with Gasteiger partial charge in [0.2, 0.25) is 0 Å². The predicted molar refractivity (Wildman–Crippen MR) is 110 cm³/mol. The Bertz CT molecular complexity index is 843. The van der Waals surface area contributed by atoms with Gasteiger partial charge in [-0.2, -0.15) is 13.2 Å². The van der Waals surface area contributed by atoms with Crippen LogP contribution in [0.4, 0.5) is 18.0 Å². The average Bonchev–Trinajstić information content (AvgIpc) is 2.76. The molecule has 0 N–H and O–H groups in total. The van der Waals surface area contributed by atoms with E-state index in [4.69, 9.17) is 9.47 Å². The Kier molecular flexibility index (Phi) is 7.56. The minimum absolute atomic E-state index is 0.0135. The van der Waals surface area contributed by atoms with Crippen molar-refractivity contribution in [3.05, 3.63) is 71.3 Å². The fourth-order valence-electron chi connectivity index (χ4n) is 3.85. The van der Waals surface area contributed by atoms with Crippen LogP contribution >= 0.6 is 0 Å². The maximum Gasteiger partial charge on any atom is 0.416 e. The van der Waals surface area contributed by atoms with Gasteiger partial charge in [-0.05, 0) is 30.2 Å². The zero-order valence-electron chi connectivity index (χ0n) is 17.6. The third-order valence-corrected chi connectivity index (χ3v) is 5.49. The molecule has 2 atom stereocenters. The van der Waals surface area contributed by atoms with Crippen molar-refractivity contribution in [1.82, 2.24) is 9.80 Å². The second kappa shape index (κ2) is 10.2. The van der Waals surface area contributed by atoms with E-state index in [1.165, 1.54) is 12.1 Å². The number of carbonyl (C=O) groups excluding carboxylic acids is 1. The lowest BCUT2D eigenvalue weighted by Gasteiger charge is -2.43. The quantitative estimate of drug-likeness (QED) is 0.656. The third kappa shape index (κ3) is 5.98. The van der Waals surface area contributed by atoms with Gasteiger partial charge in [0.05, 0.1) is 18.2 Å². The van der Waals surface area contributed by atoms with Crippen LogP contribution in [-0.2, 0) is 22.3 Å². The molecule has 0 spiro atoms. The highest BCUT2D eigenvalue weighted by atomic mass is 19.4. The molecule has 8 heteroatoms. The summed E-state index contributed by atoms with van der Waals surface area (Å²) >= 11 is 0. The largest absolute Gasteiger partial charge is 0.445 e. The van der Waals surface area contributed by atoms with Crippen molar-refractivity contribution in [1.29, 1.82) is 0 Å². The average molecular weight is 436 g/mol. The normalized spacial score (nSPS) is 18.6. The monoisotopic (exact) mass is 436 g/mol. The van der Waals surface area contributed by atoms with Gasteiger partial charge in [0, 0.05) is 32.8 Å². The summed E-state index contributed by atoms with van der Waals surface area (Å²) < 4.78 is 49.4. The minimum Gasteiger partial charge on any atom is -0.445 e. The van der Waals surface area contributed by atoms with Gasteiger partial charge in [-0.3, -0.25) is 4.90 Å². The number of ether oxygens (including phenoxy) is 2. The van der Waals surface area contributed by atoms with E-state index in [2.05, 4.69) is 4.90 Å². The first-order valence-electron chi connectivity index (χ1n) is 10.2. The lowest BCUT2D eigenvalue weighted by Crippen LogP contribution is -2.55. The molecule has 1 heterocycles. The molecule has 0 aromatic heterocycles. The molecule has 1 aliphatic rings. The number of alkyl halides is 3. The van der Waals surface area contributed by atoms with Crippen molar-refractivity contribution in [3.63, 3.8) is 0 Å². The van der Waals surface area contributed by atoms with Crippen LogP contribution in [0.15, 0.2) is 54.6 Å². The third-order valence-electron chi connectivity index (χ3n) is 5.49. The molecule has 1 aliphatic heterocycles. The molecule has 2 aromatic rings. The molecule has 1 unspecified atom stereocenters. The van der Waals surface area contributed by atoms with Gasteiger partial charge in [0.1, 0.15) is 6.61 Å². The molecule has 2 aromatic carbocycles. The number of carbonyl (C=O) groups is 1. The summed E-state index contributed by atoms with van der Waals surface area (Å²) in [5.74, 6) is 0. The molecular weight excluding hydrogens is 409 g/mol. The standard InChI is InChI=1S/C23H27F3N2O3/c1-17-14-27(22(29)31-15-18-6-4-3-5-7-18)12-13-28(17)21(16-30-2)19-8-10-20(11-9-19)23(24,25)26/h3-11,17,21H,12-16H2,1-2H3/t17-,21?/m0/s1. The van der Waals surface area contributed by atoms with E-state index < -0.39 is 11.7 Å². The zero-order valence-corrected chi connectivity index (χ0v) is 17.6. The number of rotatable bonds is 6. The highest BCUT2D eigenvalue weighted by Gasteiger charge is 2.34. The van der Waals surface area contributed by atoms with Gasteiger partial charge in [-0.1, -0.05) is 42.5 Å². The molecule has 1 amide bonds. The lowest BCUT2D eigenvalue weighted by atomic mass is 10.0. The van der Waals surface area contributed by atoms with Crippen LogP contribution in [0.5, 0.6) is 0 Å². The minimum atomic E-state index is -4.37. The summed E-state index contributed by atoms with van der Waals surface area (Å²) in [4.78, 5) is 16.3. The van der Waals surface area contributed by atoms with Crippen molar-refractivity contribution < 1.29 is 27.4 Å². The van der Waals surface area contributed by atoms with E-state index in [1.807, 2.05) is 37.3 Å². The van der Waals surface area contributed by atoms with Crippen molar-refractivity contribution in [2.45, 2.75) is 31.8 Å². The first kappa shape index (κ1) is 23.1. The van der Waals surface area contributed by atoms with E-state index in [0.717, 1.165) is 23.3 Å². The lowest BCUT2D eigenvalue weighted by molar-refractivity contribution is -0.137. The number of amides is 1. The second-order valence-corrected chi connectivity index (χ2v) is 7.66. The fourth-order valence-corrected chi connectivity index (χ4v) is 3.85. The number of hydrogen-bond donors (Lipinski definition) is 0. The summed E-state index contributed by atoms with van der Waals surface area (Å²) in [6.45, 7) is 4.05. The van der Waals surface area contributed by atoms with E-state index in [-0.39, 0.29) is 24.8 Å². The Morgan fingerprint density at radius 3 is 2.35 bits per heavy atom. The van der Waals surface area contributed by atoms with E-state index in [0.29, 0.717) is 26.2 Å². The van der Waals surface area contributed by atoms with Crippen LogP contribution in [0.3, 0.4) is 0 Å². The summed E-state index contributed by atoms with van der Waals surface area (Å²) in [5.41, 5.74) is 0.998. The molecule has 3 rings (SSSR count). The number of methoxy groups -OCH3 is 1. The smallest absolute Gasteiger partial charge is 0.416 e. The van der Waals surface area contributed by atoms with Gasteiger partial charge in [0.25, 0.3) is 0 Å². The maximum atomic E-state index is 12.9. The summed E-state index contributed by atoms with van der Waals surface area (Å²) in [7, 11) is 1.57. The van der Waals surface area contributed by atoms with Gasteiger partial charge in [-0.25, -0.2) is 4.79 Å². The predicted octanol–water partition coefficient (Wildman–Crippen LogP) is 4.74. The molecular formula is C23H27F3N2O3. The SMILES string of the molecule is COCC(c1ccc(C(F)(F)F)cc1)N1CCN(C(=O)OCc2ccccc2)C[C@@H]1C. The maximum absolute atomic E-state index is 12.9. The summed E-state index contributed by atoms with van der Waals surface area (Å²) in [6.07, 6.45) is -4.73.